The summed E-state index contributed by atoms with van der Waals surface area (Å²) in [7, 11) is 1.32. The average molecular weight is 754 g/mol. The van der Waals surface area contributed by atoms with Crippen LogP contribution in [0.1, 0.15) is 145 Å². The first kappa shape index (κ1) is 37.7. The summed E-state index contributed by atoms with van der Waals surface area (Å²) in [6.45, 7) is 8.73. The van der Waals surface area contributed by atoms with E-state index in [4.69, 9.17) is 19.4 Å². The van der Waals surface area contributed by atoms with Crippen LogP contribution in [0.5, 0.6) is 0 Å². The van der Waals surface area contributed by atoms with Crippen LogP contribution < -0.4 is 5.32 Å². The van der Waals surface area contributed by atoms with Crippen molar-refractivity contribution in [1.29, 1.82) is 0 Å². The molecule has 3 aromatic rings. The first-order valence-corrected chi connectivity index (χ1v) is 20.9. The van der Waals surface area contributed by atoms with Gasteiger partial charge in [-0.15, -0.1) is 0 Å². The van der Waals surface area contributed by atoms with Crippen LogP contribution in [0.2, 0.25) is 0 Å². The third kappa shape index (κ3) is 7.08. The van der Waals surface area contributed by atoms with Crippen LogP contribution >= 0.6 is 0 Å². The Morgan fingerprint density at radius 2 is 1.60 bits per heavy atom. The molecule has 3 aliphatic carbocycles. The SMILES string of the molecule is COC(=O)N[C@H]1CCCCOCc2[nH]c(nc2-c2ccc(C34CCC(c5c[nH]c([C@@H]6CCCN6C(=O)[C@@H](C)C(C)C)n5)(CC3)CC4)cc2)[C@@H]2CCCN2C1=O. The molecule has 3 amide bonds. The van der Waals surface area contributed by atoms with Crippen LogP contribution in [0, 0.1) is 11.8 Å². The second kappa shape index (κ2) is 15.4. The monoisotopic (exact) mass is 753 g/mol. The minimum Gasteiger partial charge on any atom is -0.453 e. The van der Waals surface area contributed by atoms with Crippen molar-refractivity contribution in [2.45, 2.75) is 140 Å². The van der Waals surface area contributed by atoms with Crippen molar-refractivity contribution in [3.8, 4) is 11.3 Å². The Kier molecular flexibility index (Phi) is 10.6. The molecular formula is C43H59N7O5. The molecular weight excluding hydrogens is 695 g/mol. The lowest BCUT2D eigenvalue weighted by Gasteiger charge is -2.53. The number of alkyl carbamates (subject to hydrolysis) is 1. The molecule has 1 aromatic carbocycles. The number of imidazole rings is 2. The molecule has 3 N–H and O–H groups in total. The van der Waals surface area contributed by atoms with Crippen LogP contribution in [-0.4, -0.2) is 80.5 Å². The maximum absolute atomic E-state index is 13.8. The summed E-state index contributed by atoms with van der Waals surface area (Å²) in [5, 5.41) is 2.77. The Hall–Kier alpha value is -4.19. The smallest absolute Gasteiger partial charge is 0.407 e. The van der Waals surface area contributed by atoms with E-state index < -0.39 is 12.1 Å². The number of ether oxygens (including phenoxy) is 2. The number of fused-ring (bicyclic) bond motifs is 7. The quantitative estimate of drug-likeness (QED) is 0.228. The number of aromatic nitrogens is 4. The first-order valence-electron chi connectivity index (χ1n) is 20.9. The Labute approximate surface area is 324 Å². The van der Waals surface area contributed by atoms with Crippen molar-refractivity contribution in [2.75, 3.05) is 26.8 Å². The van der Waals surface area contributed by atoms with Crippen LogP contribution in [0.25, 0.3) is 11.3 Å². The van der Waals surface area contributed by atoms with E-state index in [0.717, 1.165) is 112 Å². The molecule has 9 rings (SSSR count). The molecule has 2 aromatic heterocycles. The number of carbonyl (C=O) groups excluding carboxylic acids is 3. The van der Waals surface area contributed by atoms with E-state index in [1.54, 1.807) is 0 Å². The van der Waals surface area contributed by atoms with Crippen molar-refractivity contribution in [2.24, 2.45) is 11.8 Å². The summed E-state index contributed by atoms with van der Waals surface area (Å²) in [6.07, 6.45) is 14.1. The van der Waals surface area contributed by atoms with Gasteiger partial charge in [0.25, 0.3) is 0 Å². The second-order valence-electron chi connectivity index (χ2n) is 17.4. The number of amides is 3. The third-order valence-corrected chi connectivity index (χ3v) is 14.1. The highest BCUT2D eigenvalue weighted by atomic mass is 16.5. The highest BCUT2D eigenvalue weighted by molar-refractivity contribution is 5.86. The summed E-state index contributed by atoms with van der Waals surface area (Å²) >= 11 is 0. The van der Waals surface area contributed by atoms with Gasteiger partial charge < -0.3 is 34.6 Å². The van der Waals surface area contributed by atoms with Crippen molar-refractivity contribution in [3.63, 3.8) is 0 Å². The zero-order valence-corrected chi connectivity index (χ0v) is 33.1. The van der Waals surface area contributed by atoms with Gasteiger partial charge in [0, 0.05) is 42.8 Å². The van der Waals surface area contributed by atoms with Gasteiger partial charge in [-0.25, -0.2) is 14.8 Å². The van der Waals surface area contributed by atoms with Gasteiger partial charge in [-0.2, -0.15) is 0 Å². The van der Waals surface area contributed by atoms with E-state index in [-0.39, 0.29) is 40.6 Å². The topological polar surface area (TPSA) is 146 Å². The van der Waals surface area contributed by atoms with Gasteiger partial charge >= 0.3 is 6.09 Å². The Bertz CT molecular complexity index is 1840. The molecule has 0 unspecified atom stereocenters. The Balaban J connectivity index is 0.972. The lowest BCUT2D eigenvalue weighted by Crippen LogP contribution is -2.48. The normalized spacial score (nSPS) is 29.0. The van der Waals surface area contributed by atoms with Crippen molar-refractivity contribution >= 4 is 17.9 Å². The molecule has 0 radical (unpaired) electrons. The lowest BCUT2D eigenvalue weighted by molar-refractivity contribution is -0.137. The number of nitrogens with zero attached hydrogens (tertiary/aromatic N) is 4. The minimum absolute atomic E-state index is 0.0152. The Morgan fingerprint density at radius 3 is 2.33 bits per heavy atom. The van der Waals surface area contributed by atoms with Crippen LogP contribution in [0.15, 0.2) is 30.5 Å². The Morgan fingerprint density at radius 1 is 0.891 bits per heavy atom. The van der Waals surface area contributed by atoms with E-state index in [0.29, 0.717) is 32.1 Å². The maximum atomic E-state index is 13.8. The molecule has 12 heteroatoms. The fourth-order valence-electron chi connectivity index (χ4n) is 10.3. The van der Waals surface area contributed by atoms with Gasteiger partial charge in [0.2, 0.25) is 11.8 Å². The van der Waals surface area contributed by atoms with E-state index in [9.17, 15) is 14.4 Å². The number of benzene rings is 1. The van der Waals surface area contributed by atoms with Gasteiger partial charge in [0.1, 0.15) is 17.7 Å². The van der Waals surface area contributed by atoms with Crippen LogP contribution in [0.3, 0.4) is 0 Å². The van der Waals surface area contributed by atoms with E-state index in [1.807, 2.05) is 4.90 Å². The number of H-pyrrole nitrogens is 2. The molecule has 0 spiro atoms. The molecule has 2 saturated heterocycles. The predicted octanol–water partition coefficient (Wildman–Crippen LogP) is 7.39. The molecule has 5 heterocycles. The maximum Gasteiger partial charge on any atom is 0.407 e. The number of likely N-dealkylation sites (tertiary alicyclic amines) is 1. The van der Waals surface area contributed by atoms with Crippen LogP contribution in [-0.2, 0) is 36.5 Å². The number of methoxy groups -OCH3 is 1. The average Bonchev–Trinajstić information content (AvgIpc) is 4.05. The summed E-state index contributed by atoms with van der Waals surface area (Å²) in [4.78, 5) is 60.7. The number of nitrogens with one attached hydrogen (secondary N) is 3. The highest BCUT2D eigenvalue weighted by Gasteiger charge is 2.51. The minimum atomic E-state index is -0.644. The highest BCUT2D eigenvalue weighted by Crippen LogP contribution is 2.58. The van der Waals surface area contributed by atoms with Crippen molar-refractivity contribution < 1.29 is 23.9 Å². The molecule has 6 aliphatic rings. The molecule has 3 saturated carbocycles. The molecule has 12 nitrogen and oxygen atoms in total. The molecule has 296 valence electrons. The number of hydrogen-bond donors (Lipinski definition) is 3. The fourth-order valence-corrected chi connectivity index (χ4v) is 10.3. The number of aromatic amines is 2. The largest absolute Gasteiger partial charge is 0.453 e. The number of hydrogen-bond acceptors (Lipinski definition) is 7. The summed E-state index contributed by atoms with van der Waals surface area (Å²) in [5.41, 5.74) is 5.71. The standard InChI is InChI=1S/C43H59N7O5/c1-27(2)28(3)39(51)49-22-7-10-33(49)37-44-25-35(47-37)43-19-16-42(17-20-43,18-21-43)30-14-12-29(13-15-30)36-32-26-55-24-6-5-9-31(46-41(53)54-4)40(52)50-23-8-11-34(50)38(45-32)48-36/h12-15,25,27-28,31,33-34H,5-11,16-24,26H2,1-4H3,(H,44,47)(H,45,48)(H,46,53)/t28-,31-,33-,34-,42?,43?/m0/s1. The van der Waals surface area contributed by atoms with E-state index >= 15 is 0 Å². The third-order valence-electron chi connectivity index (χ3n) is 14.1. The molecule has 4 bridgehead atoms. The van der Waals surface area contributed by atoms with Crippen LogP contribution in [0.4, 0.5) is 4.79 Å². The van der Waals surface area contributed by atoms with Gasteiger partial charge in [-0.1, -0.05) is 45.0 Å². The predicted molar refractivity (Wildman–Crippen MR) is 208 cm³/mol. The van der Waals surface area contributed by atoms with Crippen molar-refractivity contribution in [3.05, 3.63) is 59.1 Å². The molecule has 3 aliphatic heterocycles. The summed E-state index contributed by atoms with van der Waals surface area (Å²) in [5.74, 6) is 2.24. The zero-order chi connectivity index (χ0) is 38.3. The molecule has 5 fully saturated rings. The summed E-state index contributed by atoms with van der Waals surface area (Å²) < 4.78 is 11.0. The summed E-state index contributed by atoms with van der Waals surface area (Å²) in [6, 6.07) is 8.28. The second-order valence-corrected chi connectivity index (χ2v) is 17.4. The number of carbonyl (C=O) groups is 3. The molecule has 4 atom stereocenters. The first-order chi connectivity index (χ1) is 26.6. The molecule has 55 heavy (non-hydrogen) atoms. The van der Waals surface area contributed by atoms with Gasteiger partial charge in [0.15, 0.2) is 0 Å². The fraction of sp³-hybridized carbons (Fsp3) is 0.651. The van der Waals surface area contributed by atoms with Gasteiger partial charge in [0.05, 0.1) is 42.9 Å². The van der Waals surface area contributed by atoms with Crippen molar-refractivity contribution in [1.82, 2.24) is 35.1 Å². The number of rotatable bonds is 7. The van der Waals surface area contributed by atoms with E-state index in [2.05, 4.69) is 71.4 Å². The zero-order valence-electron chi connectivity index (χ0n) is 33.1. The van der Waals surface area contributed by atoms with E-state index in [1.165, 1.54) is 18.4 Å². The van der Waals surface area contributed by atoms with Gasteiger partial charge in [-0.05, 0) is 100 Å². The lowest BCUT2D eigenvalue weighted by atomic mass is 9.51. The van der Waals surface area contributed by atoms with Gasteiger partial charge in [-0.3, -0.25) is 9.59 Å².